The standard InChI is InChI=1S/C20H30O4/c1-11(2)16-14(21)10-13-12(17(16)22)6-7-15-19(13,3)8-5-9-20(15,4)18(23)24/h10-12,15-17,22H,5-9H2,1-4H3,(H,23,24)/t12-,15-,16+,17+,19-,20-/m0/s1. The fourth-order valence-electron chi connectivity index (χ4n) is 6.06. The summed E-state index contributed by atoms with van der Waals surface area (Å²) >= 11 is 0. The molecule has 3 rings (SSSR count). The van der Waals surface area contributed by atoms with Crippen molar-refractivity contribution in [1.82, 2.24) is 0 Å². The first kappa shape index (κ1) is 17.7. The quantitative estimate of drug-likeness (QED) is 0.811. The molecule has 0 aromatic rings. The van der Waals surface area contributed by atoms with E-state index in [0.717, 1.165) is 31.3 Å². The van der Waals surface area contributed by atoms with Crippen LogP contribution in [0.4, 0.5) is 0 Å². The van der Waals surface area contributed by atoms with Crippen molar-refractivity contribution in [3.63, 3.8) is 0 Å². The Morgan fingerprint density at radius 1 is 1.25 bits per heavy atom. The van der Waals surface area contributed by atoms with Crippen LogP contribution in [0.5, 0.6) is 0 Å². The third-order valence-electron chi connectivity index (χ3n) is 7.37. The molecule has 4 nitrogen and oxygen atoms in total. The molecule has 0 aromatic heterocycles. The number of hydrogen-bond donors (Lipinski definition) is 2. The maximum absolute atomic E-state index is 12.7. The van der Waals surface area contributed by atoms with Gasteiger partial charge < -0.3 is 10.2 Å². The van der Waals surface area contributed by atoms with E-state index in [2.05, 4.69) is 6.92 Å². The smallest absolute Gasteiger partial charge is 0.309 e. The summed E-state index contributed by atoms with van der Waals surface area (Å²) in [6.45, 7) is 7.97. The van der Waals surface area contributed by atoms with Crippen LogP contribution in [-0.2, 0) is 9.59 Å². The Labute approximate surface area is 144 Å². The Hall–Kier alpha value is -1.16. The number of fused-ring (bicyclic) bond motifs is 3. The van der Waals surface area contributed by atoms with Crippen LogP contribution in [0.2, 0.25) is 0 Å². The number of aliphatic carboxylic acids is 1. The van der Waals surface area contributed by atoms with E-state index in [0.29, 0.717) is 6.42 Å². The molecule has 3 aliphatic rings. The van der Waals surface area contributed by atoms with Gasteiger partial charge in [0.2, 0.25) is 0 Å². The lowest BCUT2D eigenvalue weighted by Gasteiger charge is -2.58. The zero-order valence-corrected chi connectivity index (χ0v) is 15.2. The first-order valence-corrected chi connectivity index (χ1v) is 9.30. The minimum absolute atomic E-state index is 0.00694. The normalized spacial score (nSPS) is 45.4. The van der Waals surface area contributed by atoms with Crippen molar-refractivity contribution in [3.8, 4) is 0 Å². The molecule has 0 aliphatic heterocycles. The molecule has 0 spiro atoms. The van der Waals surface area contributed by atoms with Crippen molar-refractivity contribution >= 4 is 11.8 Å². The highest BCUT2D eigenvalue weighted by Gasteiger charge is 2.59. The van der Waals surface area contributed by atoms with Gasteiger partial charge >= 0.3 is 5.97 Å². The van der Waals surface area contributed by atoms with Crippen LogP contribution in [0.1, 0.15) is 59.8 Å². The van der Waals surface area contributed by atoms with Gasteiger partial charge in [0.05, 0.1) is 17.4 Å². The molecule has 2 fully saturated rings. The number of ketones is 1. The van der Waals surface area contributed by atoms with Gasteiger partial charge in [-0.3, -0.25) is 9.59 Å². The van der Waals surface area contributed by atoms with E-state index in [-0.39, 0.29) is 34.9 Å². The van der Waals surface area contributed by atoms with E-state index < -0.39 is 17.5 Å². The van der Waals surface area contributed by atoms with Crippen LogP contribution in [0.3, 0.4) is 0 Å². The maximum Gasteiger partial charge on any atom is 0.309 e. The highest BCUT2D eigenvalue weighted by Crippen LogP contribution is 2.62. The lowest BCUT2D eigenvalue weighted by atomic mass is 9.46. The second-order valence-corrected chi connectivity index (χ2v) is 8.99. The summed E-state index contributed by atoms with van der Waals surface area (Å²) in [5.74, 6) is -0.866. The fourth-order valence-corrected chi connectivity index (χ4v) is 6.06. The van der Waals surface area contributed by atoms with Gasteiger partial charge in [0, 0.05) is 5.92 Å². The second kappa shape index (κ2) is 5.69. The molecule has 0 unspecified atom stereocenters. The predicted molar refractivity (Wildman–Crippen MR) is 91.3 cm³/mol. The number of carbonyl (C=O) groups is 2. The van der Waals surface area contributed by atoms with E-state index in [1.807, 2.05) is 20.8 Å². The number of allylic oxidation sites excluding steroid dienone is 1. The zero-order valence-electron chi connectivity index (χ0n) is 15.2. The van der Waals surface area contributed by atoms with E-state index in [9.17, 15) is 19.8 Å². The summed E-state index contributed by atoms with van der Waals surface area (Å²) in [5, 5.41) is 20.7. The van der Waals surface area contributed by atoms with Crippen molar-refractivity contribution in [2.45, 2.75) is 65.9 Å². The highest BCUT2D eigenvalue weighted by molar-refractivity contribution is 5.94. The number of rotatable bonds is 2. The van der Waals surface area contributed by atoms with Crippen molar-refractivity contribution < 1.29 is 19.8 Å². The molecule has 2 saturated carbocycles. The molecule has 134 valence electrons. The Balaban J connectivity index is 2.05. The Bertz CT molecular complexity index is 592. The molecule has 0 aromatic carbocycles. The molecular formula is C20H30O4. The summed E-state index contributed by atoms with van der Waals surface area (Å²) in [6, 6.07) is 0. The third-order valence-corrected chi connectivity index (χ3v) is 7.37. The molecule has 3 aliphatic carbocycles. The van der Waals surface area contributed by atoms with Crippen LogP contribution in [0.25, 0.3) is 0 Å². The highest BCUT2D eigenvalue weighted by atomic mass is 16.4. The summed E-state index contributed by atoms with van der Waals surface area (Å²) in [7, 11) is 0. The monoisotopic (exact) mass is 334 g/mol. The van der Waals surface area contributed by atoms with Crippen molar-refractivity contribution in [2.24, 2.45) is 34.5 Å². The van der Waals surface area contributed by atoms with Crippen LogP contribution >= 0.6 is 0 Å². The predicted octanol–water partition coefficient (Wildman–Crippen LogP) is 3.44. The Kier molecular flexibility index (Phi) is 4.18. The minimum atomic E-state index is -0.734. The summed E-state index contributed by atoms with van der Waals surface area (Å²) < 4.78 is 0. The molecule has 0 amide bonds. The number of carbonyl (C=O) groups excluding carboxylic acids is 1. The molecule has 6 atom stereocenters. The second-order valence-electron chi connectivity index (χ2n) is 8.99. The molecule has 24 heavy (non-hydrogen) atoms. The first-order valence-electron chi connectivity index (χ1n) is 9.30. The van der Waals surface area contributed by atoms with Crippen molar-refractivity contribution in [2.75, 3.05) is 0 Å². The van der Waals surface area contributed by atoms with Crippen LogP contribution in [-0.4, -0.2) is 28.1 Å². The molecule has 0 heterocycles. The Morgan fingerprint density at radius 3 is 2.50 bits per heavy atom. The van der Waals surface area contributed by atoms with Gasteiger partial charge in [-0.1, -0.05) is 32.8 Å². The molecule has 0 bridgehead atoms. The number of aliphatic hydroxyl groups excluding tert-OH is 1. The third kappa shape index (κ3) is 2.29. The average molecular weight is 334 g/mol. The van der Waals surface area contributed by atoms with E-state index in [4.69, 9.17) is 0 Å². The lowest BCUT2D eigenvalue weighted by Crippen LogP contribution is -2.55. The van der Waals surface area contributed by atoms with Crippen molar-refractivity contribution in [3.05, 3.63) is 11.6 Å². The van der Waals surface area contributed by atoms with Crippen LogP contribution in [0, 0.1) is 34.5 Å². The van der Waals surface area contributed by atoms with Gasteiger partial charge in [-0.05, 0) is 55.9 Å². The largest absolute Gasteiger partial charge is 0.481 e. The summed E-state index contributed by atoms with van der Waals surface area (Å²) in [6.07, 6.45) is 5.22. The van der Waals surface area contributed by atoms with Gasteiger partial charge in [-0.15, -0.1) is 0 Å². The van der Waals surface area contributed by atoms with Gasteiger partial charge in [-0.2, -0.15) is 0 Å². The molecular weight excluding hydrogens is 304 g/mol. The zero-order chi connectivity index (χ0) is 17.9. The van der Waals surface area contributed by atoms with Crippen LogP contribution < -0.4 is 0 Å². The fraction of sp³-hybridized carbons (Fsp3) is 0.800. The number of carboxylic acids is 1. The van der Waals surface area contributed by atoms with E-state index in [1.54, 1.807) is 6.08 Å². The lowest BCUT2D eigenvalue weighted by molar-refractivity contribution is -0.161. The SMILES string of the molecule is CC(C)[C@@H]1C(=O)C=C2[C@H](CC[C@H]3[C@@]2(C)CCC[C@]3(C)C(=O)O)[C@H]1O. The van der Waals surface area contributed by atoms with Gasteiger partial charge in [0.15, 0.2) is 5.78 Å². The number of hydrogen-bond acceptors (Lipinski definition) is 3. The van der Waals surface area contributed by atoms with Gasteiger partial charge in [0.25, 0.3) is 0 Å². The van der Waals surface area contributed by atoms with E-state index in [1.165, 1.54) is 0 Å². The molecule has 0 saturated heterocycles. The van der Waals surface area contributed by atoms with Gasteiger partial charge in [0.1, 0.15) is 0 Å². The molecule has 0 radical (unpaired) electrons. The number of carboxylic acid groups (broad SMARTS) is 1. The van der Waals surface area contributed by atoms with Gasteiger partial charge in [-0.25, -0.2) is 0 Å². The van der Waals surface area contributed by atoms with Crippen molar-refractivity contribution in [1.29, 1.82) is 0 Å². The van der Waals surface area contributed by atoms with Crippen LogP contribution in [0.15, 0.2) is 11.6 Å². The number of aliphatic hydroxyl groups is 1. The maximum atomic E-state index is 12.7. The van der Waals surface area contributed by atoms with E-state index >= 15 is 0 Å². The average Bonchev–Trinajstić information content (AvgIpc) is 2.47. The minimum Gasteiger partial charge on any atom is -0.481 e. The first-order chi connectivity index (χ1) is 11.1. The Morgan fingerprint density at radius 2 is 1.92 bits per heavy atom. The topological polar surface area (TPSA) is 74.6 Å². The molecule has 2 N–H and O–H groups in total. The summed E-state index contributed by atoms with van der Waals surface area (Å²) in [5.41, 5.74) is 0.00884. The molecule has 4 heteroatoms. The summed E-state index contributed by atoms with van der Waals surface area (Å²) in [4.78, 5) is 24.6.